The number of rotatable bonds is 7. The molecule has 5 nitrogen and oxygen atoms in total. The molecule has 0 aliphatic rings. The van der Waals surface area contributed by atoms with Crippen LogP contribution in [0.3, 0.4) is 0 Å². The summed E-state index contributed by atoms with van der Waals surface area (Å²) in [5, 5.41) is 3.89. The van der Waals surface area contributed by atoms with Crippen molar-refractivity contribution in [3.8, 4) is 11.5 Å². The van der Waals surface area contributed by atoms with E-state index < -0.39 is 0 Å². The van der Waals surface area contributed by atoms with Gasteiger partial charge >= 0.3 is 0 Å². The molecular formula is C25H22N2O3S. The fraction of sp³-hybridized carbons (Fsp3) is 0.120. The highest BCUT2D eigenvalue weighted by Gasteiger charge is 2.16. The molecule has 0 radical (unpaired) electrons. The first kappa shape index (κ1) is 20.6. The number of aromatic nitrogens is 1. The van der Waals surface area contributed by atoms with Gasteiger partial charge < -0.3 is 14.8 Å². The minimum atomic E-state index is -0.315. The number of amides is 1. The van der Waals surface area contributed by atoms with Crippen LogP contribution in [0, 0.1) is 0 Å². The van der Waals surface area contributed by atoms with Crippen molar-refractivity contribution in [2.75, 3.05) is 14.2 Å². The van der Waals surface area contributed by atoms with E-state index in [1.54, 1.807) is 31.6 Å². The van der Waals surface area contributed by atoms with E-state index in [4.69, 9.17) is 9.47 Å². The molecule has 4 rings (SSSR count). The Hall–Kier alpha value is -3.64. The van der Waals surface area contributed by atoms with E-state index >= 15 is 0 Å². The molecule has 0 saturated heterocycles. The van der Waals surface area contributed by atoms with E-state index in [1.165, 1.54) is 6.08 Å². The highest BCUT2D eigenvalue weighted by molar-refractivity contribution is 7.19. The van der Waals surface area contributed by atoms with Crippen molar-refractivity contribution in [1.29, 1.82) is 0 Å². The number of methoxy groups -OCH3 is 2. The first-order chi connectivity index (χ1) is 15.2. The van der Waals surface area contributed by atoms with Crippen LogP contribution in [0.1, 0.15) is 22.2 Å². The summed E-state index contributed by atoms with van der Waals surface area (Å²) >= 11 is 1.55. The predicted octanol–water partition coefficient (Wildman–Crippen LogP) is 5.23. The van der Waals surface area contributed by atoms with Gasteiger partial charge in [0.2, 0.25) is 5.91 Å². The van der Waals surface area contributed by atoms with Crippen LogP contribution in [0.15, 0.2) is 78.9 Å². The van der Waals surface area contributed by atoms with Crippen LogP contribution in [0.4, 0.5) is 0 Å². The van der Waals surface area contributed by atoms with Gasteiger partial charge in [0.15, 0.2) is 0 Å². The molecule has 3 aromatic carbocycles. The van der Waals surface area contributed by atoms with Gasteiger partial charge in [-0.1, -0.05) is 36.4 Å². The quantitative estimate of drug-likeness (QED) is 0.408. The van der Waals surface area contributed by atoms with Gasteiger partial charge in [0.25, 0.3) is 0 Å². The molecule has 0 unspecified atom stereocenters. The van der Waals surface area contributed by atoms with Crippen LogP contribution >= 0.6 is 11.3 Å². The summed E-state index contributed by atoms with van der Waals surface area (Å²) in [5.41, 5.74) is 2.84. The number of carbonyl (C=O) groups excluding carboxylic acids is 1. The van der Waals surface area contributed by atoms with Crippen LogP contribution < -0.4 is 14.8 Å². The maximum absolute atomic E-state index is 12.8. The van der Waals surface area contributed by atoms with Gasteiger partial charge in [-0.2, -0.15) is 0 Å². The van der Waals surface area contributed by atoms with Gasteiger partial charge in [0.05, 0.1) is 30.5 Å². The number of hydrogen-bond donors (Lipinski definition) is 1. The number of carbonyl (C=O) groups is 1. The second kappa shape index (κ2) is 9.45. The van der Waals surface area contributed by atoms with Crippen molar-refractivity contribution in [2.45, 2.75) is 6.04 Å². The lowest BCUT2D eigenvalue weighted by atomic mass is 9.98. The molecule has 1 amide bonds. The lowest BCUT2D eigenvalue weighted by molar-refractivity contribution is -0.116. The van der Waals surface area contributed by atoms with Crippen molar-refractivity contribution in [1.82, 2.24) is 10.3 Å². The summed E-state index contributed by atoms with van der Waals surface area (Å²) in [6, 6.07) is 22.9. The van der Waals surface area contributed by atoms with E-state index in [0.29, 0.717) is 0 Å². The third-order valence-corrected chi connectivity index (χ3v) is 5.87. The van der Waals surface area contributed by atoms with Crippen molar-refractivity contribution in [2.24, 2.45) is 0 Å². The maximum atomic E-state index is 12.8. The molecule has 0 aliphatic heterocycles. The molecule has 0 fully saturated rings. The number of nitrogens with one attached hydrogen (secondary N) is 1. The van der Waals surface area contributed by atoms with E-state index in [9.17, 15) is 4.79 Å². The first-order valence-electron chi connectivity index (χ1n) is 9.78. The lowest BCUT2D eigenvalue weighted by Gasteiger charge is -2.19. The Kier molecular flexibility index (Phi) is 6.29. The molecule has 4 aromatic rings. The Morgan fingerprint density at radius 1 is 0.903 bits per heavy atom. The van der Waals surface area contributed by atoms with Crippen molar-refractivity contribution in [3.63, 3.8) is 0 Å². The van der Waals surface area contributed by atoms with Crippen LogP contribution in [0.25, 0.3) is 16.3 Å². The molecule has 0 spiro atoms. The Morgan fingerprint density at radius 3 is 2.03 bits per heavy atom. The van der Waals surface area contributed by atoms with Gasteiger partial charge in [-0.25, -0.2) is 4.98 Å². The average molecular weight is 431 g/mol. The number of nitrogens with zero attached hydrogens (tertiary/aromatic N) is 1. The topological polar surface area (TPSA) is 60.5 Å². The van der Waals surface area contributed by atoms with Crippen molar-refractivity contribution in [3.05, 3.63) is 95.0 Å². The second-order valence-corrected chi connectivity index (χ2v) is 7.90. The van der Waals surface area contributed by atoms with E-state index in [0.717, 1.165) is 37.9 Å². The van der Waals surface area contributed by atoms with Gasteiger partial charge in [-0.15, -0.1) is 11.3 Å². The zero-order valence-electron chi connectivity index (χ0n) is 17.2. The number of fused-ring (bicyclic) bond motifs is 1. The highest BCUT2D eigenvalue weighted by atomic mass is 32.1. The maximum Gasteiger partial charge on any atom is 0.244 e. The van der Waals surface area contributed by atoms with Gasteiger partial charge in [0.1, 0.15) is 16.5 Å². The summed E-state index contributed by atoms with van der Waals surface area (Å²) in [7, 11) is 3.26. The lowest BCUT2D eigenvalue weighted by Crippen LogP contribution is -2.27. The summed E-state index contributed by atoms with van der Waals surface area (Å²) in [4.78, 5) is 17.3. The van der Waals surface area contributed by atoms with Crippen LogP contribution in [0.2, 0.25) is 0 Å². The van der Waals surface area contributed by atoms with Crippen LogP contribution in [0.5, 0.6) is 11.5 Å². The average Bonchev–Trinajstić information content (AvgIpc) is 3.24. The monoisotopic (exact) mass is 430 g/mol. The third-order valence-electron chi connectivity index (χ3n) is 4.87. The smallest absolute Gasteiger partial charge is 0.244 e. The van der Waals surface area contributed by atoms with Crippen molar-refractivity contribution >= 4 is 33.5 Å². The number of hydrogen-bond acceptors (Lipinski definition) is 5. The molecule has 0 saturated carbocycles. The van der Waals surface area contributed by atoms with Gasteiger partial charge in [-0.05, 0) is 53.6 Å². The van der Waals surface area contributed by atoms with Crippen LogP contribution in [-0.4, -0.2) is 25.1 Å². The van der Waals surface area contributed by atoms with Gasteiger partial charge in [0, 0.05) is 6.08 Å². The summed E-state index contributed by atoms with van der Waals surface area (Å²) in [6.45, 7) is 0. The minimum absolute atomic E-state index is 0.198. The highest BCUT2D eigenvalue weighted by Crippen LogP contribution is 2.26. The zero-order chi connectivity index (χ0) is 21.6. The summed E-state index contributed by atoms with van der Waals surface area (Å²) < 4.78 is 11.6. The molecular weight excluding hydrogens is 408 g/mol. The third kappa shape index (κ3) is 4.92. The summed E-state index contributed by atoms with van der Waals surface area (Å²) in [6.07, 6.45) is 3.27. The summed E-state index contributed by atoms with van der Waals surface area (Å²) in [5.74, 6) is 1.33. The molecule has 0 atom stereocenters. The Bertz CT molecular complexity index is 1120. The fourth-order valence-corrected chi connectivity index (χ4v) is 4.12. The zero-order valence-corrected chi connectivity index (χ0v) is 18.1. The number of ether oxygens (including phenoxy) is 2. The van der Waals surface area contributed by atoms with Crippen LogP contribution in [-0.2, 0) is 4.79 Å². The predicted molar refractivity (Wildman–Crippen MR) is 125 cm³/mol. The minimum Gasteiger partial charge on any atom is -0.497 e. The Morgan fingerprint density at radius 2 is 1.48 bits per heavy atom. The molecule has 31 heavy (non-hydrogen) atoms. The molecule has 1 N–H and O–H groups in total. The SMILES string of the molecule is COc1ccc(C(NC(=O)/C=C/c2nc3ccccc3s2)c2ccc(OC)cc2)cc1. The molecule has 0 aliphatic carbocycles. The van der Waals surface area contributed by atoms with E-state index in [-0.39, 0.29) is 11.9 Å². The Labute approximate surface area is 185 Å². The molecule has 0 bridgehead atoms. The fourth-order valence-electron chi connectivity index (χ4n) is 3.25. The normalized spacial score (nSPS) is 11.2. The Balaban J connectivity index is 1.57. The van der Waals surface area contributed by atoms with E-state index in [1.807, 2.05) is 72.8 Å². The number of thiazole rings is 1. The molecule has 6 heteroatoms. The molecule has 156 valence electrons. The van der Waals surface area contributed by atoms with Crippen molar-refractivity contribution < 1.29 is 14.3 Å². The second-order valence-electron chi connectivity index (χ2n) is 6.84. The van der Waals surface area contributed by atoms with Gasteiger partial charge in [-0.3, -0.25) is 4.79 Å². The largest absolute Gasteiger partial charge is 0.497 e. The number of benzene rings is 3. The molecule has 1 heterocycles. The standard InChI is InChI=1S/C25H22N2O3S/c1-29-19-11-7-17(8-12-19)25(18-9-13-20(30-2)14-10-18)27-23(28)15-16-24-26-21-5-3-4-6-22(21)31-24/h3-16,25H,1-2H3,(H,27,28)/b16-15+. The molecule has 1 aromatic heterocycles. The first-order valence-corrected chi connectivity index (χ1v) is 10.6. The number of para-hydroxylation sites is 1. The van der Waals surface area contributed by atoms with E-state index in [2.05, 4.69) is 10.3 Å².